The summed E-state index contributed by atoms with van der Waals surface area (Å²) in [4.78, 5) is 10.9. The average molecular weight is 266 g/mol. The molecule has 100 valence electrons. The number of aromatic carboxylic acids is 1. The monoisotopic (exact) mass is 266 g/mol. The van der Waals surface area contributed by atoms with Crippen LogP contribution >= 0.6 is 0 Å². The highest BCUT2D eigenvalue weighted by molar-refractivity contribution is 5.95. The van der Waals surface area contributed by atoms with Gasteiger partial charge in [0.15, 0.2) is 0 Å². The van der Waals surface area contributed by atoms with Crippen LogP contribution in [-0.2, 0) is 6.42 Å². The second-order valence-electron chi connectivity index (χ2n) is 4.65. The minimum Gasteiger partial charge on any atom is -0.475 e. The number of furan rings is 1. The molecule has 0 saturated heterocycles. The van der Waals surface area contributed by atoms with Crippen molar-refractivity contribution in [2.45, 2.75) is 13.3 Å². The number of hydrogen-bond acceptors (Lipinski definition) is 2. The van der Waals surface area contributed by atoms with Crippen LogP contribution in [0.1, 0.15) is 23.0 Å². The molecule has 1 heterocycles. The lowest BCUT2D eigenvalue weighted by Gasteiger charge is -1.92. The Labute approximate surface area is 116 Å². The third kappa shape index (κ3) is 2.18. The summed E-state index contributed by atoms with van der Waals surface area (Å²) >= 11 is 0. The Morgan fingerprint density at radius 3 is 2.30 bits per heavy atom. The summed E-state index contributed by atoms with van der Waals surface area (Å²) in [7, 11) is 0. The molecule has 2 aliphatic rings. The molecule has 1 N–H and O–H groups in total. The molecule has 0 aliphatic heterocycles. The number of carboxylic acid groups (broad SMARTS) is 1. The molecule has 2 aliphatic carbocycles. The molecule has 0 saturated carbocycles. The first kappa shape index (κ1) is 12.5. The lowest BCUT2D eigenvalue weighted by atomic mass is 10.1. The van der Waals surface area contributed by atoms with Gasteiger partial charge < -0.3 is 9.52 Å². The van der Waals surface area contributed by atoms with Gasteiger partial charge in [0.1, 0.15) is 5.58 Å². The van der Waals surface area contributed by atoms with Crippen LogP contribution in [0.15, 0.2) is 52.9 Å². The number of rotatable bonds is 2. The van der Waals surface area contributed by atoms with Crippen LogP contribution in [0.3, 0.4) is 0 Å². The van der Waals surface area contributed by atoms with Crippen molar-refractivity contribution in [3.8, 4) is 11.1 Å². The van der Waals surface area contributed by atoms with Gasteiger partial charge in [0.05, 0.1) is 0 Å². The zero-order valence-corrected chi connectivity index (χ0v) is 11.1. The molecule has 0 bridgehead atoms. The van der Waals surface area contributed by atoms with Gasteiger partial charge in [-0.3, -0.25) is 0 Å². The van der Waals surface area contributed by atoms with E-state index in [9.17, 15) is 4.79 Å². The standard InChI is InChI=1S/C11H10O3.C6H4/c1-2-7-8-5-3-4-6-9(8)14-10(7)11(12)13;1-2-5-4-6(5)3-1/h3-6H,2H2,1H3,(H,12,13);1-4H. The van der Waals surface area contributed by atoms with E-state index in [2.05, 4.69) is 24.3 Å². The zero-order valence-electron chi connectivity index (χ0n) is 11.1. The van der Waals surface area contributed by atoms with Crippen molar-refractivity contribution in [1.82, 2.24) is 0 Å². The maximum Gasteiger partial charge on any atom is 0.372 e. The molecule has 0 unspecified atom stereocenters. The van der Waals surface area contributed by atoms with Crippen LogP contribution < -0.4 is 0 Å². The SMILES string of the molecule is CCc1c(C(=O)O)oc2ccccc12.c1cc2cc-2c1. The number of benzene rings is 2. The van der Waals surface area contributed by atoms with Gasteiger partial charge in [0, 0.05) is 10.9 Å². The summed E-state index contributed by atoms with van der Waals surface area (Å²) in [5.74, 6) is -0.938. The second-order valence-corrected chi connectivity index (χ2v) is 4.65. The fourth-order valence-corrected chi connectivity index (χ4v) is 2.30. The second kappa shape index (κ2) is 4.85. The summed E-state index contributed by atoms with van der Waals surface area (Å²) in [5.41, 5.74) is 4.26. The van der Waals surface area contributed by atoms with E-state index in [-0.39, 0.29) is 5.76 Å². The molecule has 0 radical (unpaired) electrons. The van der Waals surface area contributed by atoms with Crippen LogP contribution in [0.4, 0.5) is 0 Å². The van der Waals surface area contributed by atoms with Crippen LogP contribution in [-0.4, -0.2) is 11.1 Å². The summed E-state index contributed by atoms with van der Waals surface area (Å²) in [6.45, 7) is 1.92. The first-order chi connectivity index (χ1) is 9.70. The Hall–Kier alpha value is -2.55. The van der Waals surface area contributed by atoms with Crippen molar-refractivity contribution >= 4 is 16.9 Å². The Morgan fingerprint density at radius 1 is 1.10 bits per heavy atom. The maximum absolute atomic E-state index is 10.9. The third-order valence-corrected chi connectivity index (χ3v) is 3.36. The van der Waals surface area contributed by atoms with Crippen LogP contribution in [0.2, 0.25) is 0 Å². The quantitative estimate of drug-likeness (QED) is 0.586. The van der Waals surface area contributed by atoms with E-state index >= 15 is 0 Å². The van der Waals surface area contributed by atoms with Gasteiger partial charge in [0.25, 0.3) is 0 Å². The minimum atomic E-state index is -1.00. The highest BCUT2D eigenvalue weighted by Gasteiger charge is 2.17. The number of carboxylic acids is 1. The molecule has 0 atom stereocenters. The molecule has 2 aromatic rings. The number of aryl methyl sites for hydroxylation is 1. The summed E-state index contributed by atoms with van der Waals surface area (Å²) < 4.78 is 5.25. The predicted octanol–water partition coefficient (Wildman–Crippen LogP) is 4.36. The Kier molecular flexibility index (Phi) is 3.03. The highest BCUT2D eigenvalue weighted by atomic mass is 16.4. The number of fused-ring (bicyclic) bond motifs is 2. The van der Waals surface area contributed by atoms with Gasteiger partial charge >= 0.3 is 5.97 Å². The van der Waals surface area contributed by atoms with Gasteiger partial charge in [-0.25, -0.2) is 4.79 Å². The minimum absolute atomic E-state index is 0.0636. The normalized spacial score (nSPS) is 10.8. The Bertz CT molecular complexity index is 767. The van der Waals surface area contributed by atoms with Crippen molar-refractivity contribution in [2.75, 3.05) is 0 Å². The topological polar surface area (TPSA) is 50.4 Å². The van der Waals surface area contributed by atoms with E-state index in [1.54, 1.807) is 6.07 Å². The predicted molar refractivity (Wildman–Crippen MR) is 78.0 cm³/mol. The molecule has 1 aromatic heterocycles. The lowest BCUT2D eigenvalue weighted by Crippen LogP contribution is -1.97. The van der Waals surface area contributed by atoms with Gasteiger partial charge in [0.2, 0.25) is 5.76 Å². The Morgan fingerprint density at radius 2 is 1.80 bits per heavy atom. The van der Waals surface area contributed by atoms with Crippen molar-refractivity contribution < 1.29 is 14.3 Å². The first-order valence-corrected chi connectivity index (χ1v) is 6.55. The van der Waals surface area contributed by atoms with Crippen molar-refractivity contribution in [3.05, 3.63) is 59.9 Å². The number of hydrogen-bond donors (Lipinski definition) is 1. The molecular formula is C17H14O3. The number of para-hydroxylation sites is 1. The molecule has 1 aromatic carbocycles. The van der Waals surface area contributed by atoms with Gasteiger partial charge in [-0.2, -0.15) is 0 Å². The molecule has 0 amide bonds. The van der Waals surface area contributed by atoms with E-state index in [0.717, 1.165) is 10.9 Å². The first-order valence-electron chi connectivity index (χ1n) is 6.55. The van der Waals surface area contributed by atoms with Crippen LogP contribution in [0.25, 0.3) is 22.1 Å². The largest absolute Gasteiger partial charge is 0.475 e. The Balaban J connectivity index is 0.000000165. The fraction of sp³-hybridized carbons (Fsp3) is 0.118. The summed E-state index contributed by atoms with van der Waals surface area (Å²) in [5, 5.41) is 9.80. The van der Waals surface area contributed by atoms with Crippen molar-refractivity contribution in [3.63, 3.8) is 0 Å². The molecular weight excluding hydrogens is 252 g/mol. The van der Waals surface area contributed by atoms with E-state index in [1.807, 2.05) is 25.1 Å². The zero-order chi connectivity index (χ0) is 14.1. The van der Waals surface area contributed by atoms with Crippen LogP contribution in [0, 0.1) is 0 Å². The third-order valence-electron chi connectivity index (χ3n) is 3.36. The highest BCUT2D eigenvalue weighted by Crippen LogP contribution is 2.32. The molecule has 20 heavy (non-hydrogen) atoms. The van der Waals surface area contributed by atoms with E-state index in [1.165, 1.54) is 11.1 Å². The molecule has 0 fully saturated rings. The smallest absolute Gasteiger partial charge is 0.372 e. The van der Waals surface area contributed by atoms with Crippen molar-refractivity contribution in [1.29, 1.82) is 0 Å². The van der Waals surface area contributed by atoms with Crippen molar-refractivity contribution in [2.24, 2.45) is 0 Å². The molecule has 0 spiro atoms. The lowest BCUT2D eigenvalue weighted by molar-refractivity contribution is 0.0663. The van der Waals surface area contributed by atoms with E-state index < -0.39 is 5.97 Å². The van der Waals surface area contributed by atoms with Gasteiger partial charge in [-0.1, -0.05) is 43.3 Å². The average Bonchev–Trinajstić information content (AvgIpc) is 2.90. The summed E-state index contributed by atoms with van der Waals surface area (Å²) in [6, 6.07) is 15.8. The van der Waals surface area contributed by atoms with E-state index in [4.69, 9.17) is 9.52 Å². The number of carbonyl (C=O) groups is 1. The van der Waals surface area contributed by atoms with Crippen LogP contribution in [0.5, 0.6) is 0 Å². The van der Waals surface area contributed by atoms with Gasteiger partial charge in [-0.15, -0.1) is 0 Å². The fourth-order valence-electron chi connectivity index (χ4n) is 2.30. The van der Waals surface area contributed by atoms with E-state index in [0.29, 0.717) is 12.0 Å². The maximum atomic E-state index is 10.9. The molecule has 3 nitrogen and oxygen atoms in total. The molecule has 4 rings (SSSR count). The van der Waals surface area contributed by atoms with Gasteiger partial charge in [-0.05, 0) is 29.7 Å². The summed E-state index contributed by atoms with van der Waals surface area (Å²) in [6.07, 6.45) is 0.665. The molecule has 3 heteroatoms.